The number of nitrogens with zero attached hydrogens (tertiary/aromatic N) is 1. The first-order chi connectivity index (χ1) is 8.50. The van der Waals surface area contributed by atoms with Crippen LogP contribution in [-0.4, -0.2) is 23.5 Å². The van der Waals surface area contributed by atoms with Crippen molar-refractivity contribution in [2.75, 3.05) is 6.54 Å². The maximum atomic E-state index is 6.37. The molecule has 18 heavy (non-hydrogen) atoms. The molecule has 1 aliphatic heterocycles. The fourth-order valence-electron chi connectivity index (χ4n) is 2.86. The van der Waals surface area contributed by atoms with Gasteiger partial charge in [0.2, 0.25) is 0 Å². The van der Waals surface area contributed by atoms with Crippen molar-refractivity contribution in [2.24, 2.45) is 5.73 Å². The third-order valence-electron chi connectivity index (χ3n) is 3.92. The molecule has 0 aromatic heterocycles. The van der Waals surface area contributed by atoms with Gasteiger partial charge in [-0.15, -0.1) is 0 Å². The number of hydrogen-bond donors (Lipinski definition) is 1. The second kappa shape index (κ2) is 5.72. The zero-order valence-corrected chi connectivity index (χ0v) is 13.1. The van der Waals surface area contributed by atoms with E-state index in [-0.39, 0.29) is 6.04 Å². The maximum absolute atomic E-state index is 6.37. The van der Waals surface area contributed by atoms with Crippen LogP contribution in [-0.2, 0) is 0 Å². The van der Waals surface area contributed by atoms with Gasteiger partial charge in [-0.2, -0.15) is 0 Å². The van der Waals surface area contributed by atoms with Crippen LogP contribution >= 0.6 is 15.9 Å². The van der Waals surface area contributed by atoms with Crippen LogP contribution in [0.5, 0.6) is 0 Å². The molecule has 0 spiro atoms. The highest BCUT2D eigenvalue weighted by atomic mass is 79.9. The van der Waals surface area contributed by atoms with Gasteiger partial charge < -0.3 is 5.73 Å². The molecule has 1 saturated heterocycles. The Kier molecular flexibility index (Phi) is 4.46. The van der Waals surface area contributed by atoms with Gasteiger partial charge in [-0.05, 0) is 57.4 Å². The standard InChI is InChI=1S/C15H23BrN2/c1-10(2)18-8-4-5-14(17)15(18)12-7-6-11(3)13(16)9-12/h6-7,9-10,14-15H,4-5,8,17H2,1-3H3. The zero-order valence-electron chi connectivity index (χ0n) is 11.5. The van der Waals surface area contributed by atoms with Crippen molar-refractivity contribution in [3.63, 3.8) is 0 Å². The fraction of sp³-hybridized carbons (Fsp3) is 0.600. The van der Waals surface area contributed by atoms with Crippen molar-refractivity contribution < 1.29 is 0 Å². The van der Waals surface area contributed by atoms with Crippen LogP contribution < -0.4 is 5.73 Å². The highest BCUT2D eigenvalue weighted by Gasteiger charge is 2.31. The summed E-state index contributed by atoms with van der Waals surface area (Å²) in [5.41, 5.74) is 8.99. The summed E-state index contributed by atoms with van der Waals surface area (Å²) in [5, 5.41) is 0. The molecule has 100 valence electrons. The smallest absolute Gasteiger partial charge is 0.0502 e. The number of likely N-dealkylation sites (tertiary alicyclic amines) is 1. The summed E-state index contributed by atoms with van der Waals surface area (Å²) in [5.74, 6) is 0. The third-order valence-corrected chi connectivity index (χ3v) is 4.77. The van der Waals surface area contributed by atoms with Crippen molar-refractivity contribution in [1.82, 2.24) is 4.90 Å². The first kappa shape index (κ1) is 14.0. The summed E-state index contributed by atoms with van der Waals surface area (Å²) in [6, 6.07) is 7.79. The Bertz CT molecular complexity index is 417. The molecule has 1 fully saturated rings. The Hall–Kier alpha value is -0.380. The Balaban J connectivity index is 2.34. The van der Waals surface area contributed by atoms with E-state index in [1.807, 2.05) is 0 Å². The van der Waals surface area contributed by atoms with Gasteiger partial charge >= 0.3 is 0 Å². The first-order valence-electron chi connectivity index (χ1n) is 6.78. The van der Waals surface area contributed by atoms with Crippen molar-refractivity contribution >= 4 is 15.9 Å². The number of aryl methyl sites for hydroxylation is 1. The van der Waals surface area contributed by atoms with Crippen molar-refractivity contribution in [1.29, 1.82) is 0 Å². The van der Waals surface area contributed by atoms with Crippen LogP contribution in [0.3, 0.4) is 0 Å². The van der Waals surface area contributed by atoms with Crippen molar-refractivity contribution in [2.45, 2.75) is 51.7 Å². The number of rotatable bonds is 2. The molecule has 2 rings (SSSR count). The number of halogens is 1. The first-order valence-corrected chi connectivity index (χ1v) is 7.57. The van der Waals surface area contributed by atoms with E-state index in [9.17, 15) is 0 Å². The predicted octanol–water partition coefficient (Wildman–Crippen LogP) is 3.63. The molecule has 1 aliphatic rings. The van der Waals surface area contributed by atoms with Gasteiger partial charge in [-0.25, -0.2) is 0 Å². The Morgan fingerprint density at radius 1 is 1.39 bits per heavy atom. The molecule has 0 aliphatic carbocycles. The lowest BCUT2D eigenvalue weighted by molar-refractivity contribution is 0.0947. The Labute approximate surface area is 119 Å². The van der Waals surface area contributed by atoms with Crippen LogP contribution in [0.1, 0.15) is 43.9 Å². The van der Waals surface area contributed by atoms with E-state index in [4.69, 9.17) is 5.73 Å². The van der Waals surface area contributed by atoms with E-state index in [0.717, 1.165) is 13.0 Å². The highest BCUT2D eigenvalue weighted by molar-refractivity contribution is 9.10. The van der Waals surface area contributed by atoms with E-state index in [1.165, 1.54) is 22.0 Å². The number of nitrogens with two attached hydrogens (primary N) is 1. The summed E-state index contributed by atoms with van der Waals surface area (Å²) in [6.45, 7) is 7.79. The molecule has 0 amide bonds. The molecule has 1 heterocycles. The Morgan fingerprint density at radius 2 is 2.11 bits per heavy atom. The van der Waals surface area contributed by atoms with E-state index in [2.05, 4.69) is 59.8 Å². The summed E-state index contributed by atoms with van der Waals surface area (Å²) < 4.78 is 1.18. The minimum absolute atomic E-state index is 0.246. The molecular weight excluding hydrogens is 288 g/mol. The van der Waals surface area contributed by atoms with Crippen molar-refractivity contribution in [3.8, 4) is 0 Å². The summed E-state index contributed by atoms with van der Waals surface area (Å²) in [4.78, 5) is 2.53. The van der Waals surface area contributed by atoms with Gasteiger partial charge in [0.25, 0.3) is 0 Å². The minimum atomic E-state index is 0.246. The molecule has 2 nitrogen and oxygen atoms in total. The molecule has 3 heteroatoms. The topological polar surface area (TPSA) is 29.3 Å². The quantitative estimate of drug-likeness (QED) is 0.904. The number of piperidine rings is 1. The lowest BCUT2D eigenvalue weighted by atomic mass is 9.89. The lowest BCUT2D eigenvalue weighted by Crippen LogP contribution is -2.48. The van der Waals surface area contributed by atoms with Crippen LogP contribution in [0.15, 0.2) is 22.7 Å². The van der Waals surface area contributed by atoms with Gasteiger partial charge in [-0.3, -0.25) is 4.90 Å². The van der Waals surface area contributed by atoms with Gasteiger partial charge in [-0.1, -0.05) is 28.1 Å². The predicted molar refractivity (Wildman–Crippen MR) is 80.7 cm³/mol. The van der Waals surface area contributed by atoms with Gasteiger partial charge in [0.05, 0.1) is 6.04 Å². The normalized spacial score (nSPS) is 25.7. The largest absolute Gasteiger partial charge is 0.326 e. The molecule has 0 bridgehead atoms. The maximum Gasteiger partial charge on any atom is 0.0502 e. The monoisotopic (exact) mass is 310 g/mol. The van der Waals surface area contributed by atoms with Crippen LogP contribution in [0.25, 0.3) is 0 Å². The van der Waals surface area contributed by atoms with Gasteiger partial charge in [0, 0.05) is 16.6 Å². The van der Waals surface area contributed by atoms with Gasteiger partial charge in [0.15, 0.2) is 0 Å². The second-order valence-corrected chi connectivity index (χ2v) is 6.45. The Morgan fingerprint density at radius 3 is 2.72 bits per heavy atom. The van der Waals surface area contributed by atoms with Gasteiger partial charge in [0.1, 0.15) is 0 Å². The summed E-state index contributed by atoms with van der Waals surface area (Å²) in [7, 11) is 0. The fourth-order valence-corrected chi connectivity index (χ4v) is 3.26. The molecule has 1 aromatic rings. The van der Waals surface area contributed by atoms with E-state index >= 15 is 0 Å². The zero-order chi connectivity index (χ0) is 13.3. The summed E-state index contributed by atoms with van der Waals surface area (Å²) >= 11 is 3.63. The van der Waals surface area contributed by atoms with Crippen LogP contribution in [0.2, 0.25) is 0 Å². The molecule has 1 aromatic carbocycles. The van der Waals surface area contributed by atoms with Crippen molar-refractivity contribution in [3.05, 3.63) is 33.8 Å². The third kappa shape index (κ3) is 2.79. The SMILES string of the molecule is Cc1ccc(C2C(N)CCCN2C(C)C)cc1Br. The van der Waals surface area contributed by atoms with E-state index in [1.54, 1.807) is 0 Å². The molecule has 2 atom stereocenters. The second-order valence-electron chi connectivity index (χ2n) is 5.59. The minimum Gasteiger partial charge on any atom is -0.326 e. The van der Waals surface area contributed by atoms with E-state index in [0.29, 0.717) is 12.1 Å². The number of benzene rings is 1. The molecule has 0 radical (unpaired) electrons. The average Bonchev–Trinajstić information content (AvgIpc) is 2.32. The van der Waals surface area contributed by atoms with Crippen LogP contribution in [0, 0.1) is 6.92 Å². The lowest BCUT2D eigenvalue weighted by Gasteiger charge is -2.42. The molecule has 0 saturated carbocycles. The molecular formula is C15H23BrN2. The summed E-state index contributed by atoms with van der Waals surface area (Å²) in [6.07, 6.45) is 2.34. The average molecular weight is 311 g/mol. The highest BCUT2D eigenvalue weighted by Crippen LogP contribution is 2.33. The molecule has 2 unspecified atom stereocenters. The number of hydrogen-bond acceptors (Lipinski definition) is 2. The van der Waals surface area contributed by atoms with E-state index < -0.39 is 0 Å². The van der Waals surface area contributed by atoms with Crippen LogP contribution in [0.4, 0.5) is 0 Å². The molecule has 2 N–H and O–H groups in total.